The van der Waals surface area contributed by atoms with E-state index in [2.05, 4.69) is 126 Å². The van der Waals surface area contributed by atoms with Gasteiger partial charge in [0.15, 0.2) is 21.8 Å². The molecule has 0 aromatic heterocycles. The first-order valence-corrected chi connectivity index (χ1v) is 16.1. The maximum Gasteiger partial charge on any atom is 0.188 e. The van der Waals surface area contributed by atoms with Crippen molar-refractivity contribution in [3.8, 4) is 11.5 Å². The van der Waals surface area contributed by atoms with Crippen LogP contribution in [-0.2, 0) is 20.3 Å². The second kappa shape index (κ2) is 11.9. The zero-order valence-corrected chi connectivity index (χ0v) is 25.8. The van der Waals surface area contributed by atoms with Gasteiger partial charge in [0, 0.05) is 14.2 Å². The van der Waals surface area contributed by atoms with E-state index in [-0.39, 0.29) is 24.4 Å². The van der Waals surface area contributed by atoms with Crippen LogP contribution in [0.15, 0.2) is 66.7 Å². The second-order valence-corrected chi connectivity index (χ2v) is 16.4. The molecule has 0 saturated carbocycles. The van der Waals surface area contributed by atoms with Gasteiger partial charge in [0.05, 0.1) is 11.4 Å². The van der Waals surface area contributed by atoms with E-state index in [1.165, 1.54) is 16.3 Å². The summed E-state index contributed by atoms with van der Waals surface area (Å²) in [4.78, 5) is 0. The molecule has 0 amide bonds. The Balaban J connectivity index is 2.42. The molecule has 0 atom stereocenters. The molecule has 0 bridgehead atoms. The second-order valence-electron chi connectivity index (χ2n) is 12.2. The first kappa shape index (κ1) is 29.7. The molecule has 3 aromatic rings. The zero-order valence-electron chi connectivity index (χ0n) is 24.8. The molecule has 0 aliphatic heterocycles. The third-order valence-electron chi connectivity index (χ3n) is 6.84. The molecular formula is C32H45NO4Si. The summed E-state index contributed by atoms with van der Waals surface area (Å²) < 4.78 is 25.5. The van der Waals surface area contributed by atoms with Crippen molar-refractivity contribution in [1.29, 1.82) is 0 Å². The molecule has 0 heterocycles. The summed E-state index contributed by atoms with van der Waals surface area (Å²) in [6.07, 6.45) is 0. The number of anilines is 2. The number of benzene rings is 3. The summed E-state index contributed by atoms with van der Waals surface area (Å²) in [5.41, 5.74) is 4.38. The number of ether oxygens (including phenoxy) is 4. The molecule has 5 nitrogen and oxygen atoms in total. The Kier molecular flexibility index (Phi) is 9.34. The first-order chi connectivity index (χ1) is 17.8. The standard InChI is InChI=1S/C32H45NO4Si/c1-31(2,3)24-16-18-29(36-22-34-7)27(20-24)33(38(9,10)26-14-12-11-13-15-26)28-21-25(32(4,5)6)17-19-30(28)37-23-35-8/h11-21H,22-23H2,1-10H3. The highest BCUT2D eigenvalue weighted by Crippen LogP contribution is 2.45. The average molecular weight is 536 g/mol. The van der Waals surface area contributed by atoms with Crippen LogP contribution < -0.4 is 19.2 Å². The van der Waals surface area contributed by atoms with Gasteiger partial charge in [-0.05, 0) is 64.5 Å². The minimum atomic E-state index is -2.40. The molecular weight excluding hydrogens is 490 g/mol. The van der Waals surface area contributed by atoms with Gasteiger partial charge in [-0.2, -0.15) is 0 Å². The van der Waals surface area contributed by atoms with Crippen LogP contribution in [0.4, 0.5) is 11.4 Å². The van der Waals surface area contributed by atoms with Gasteiger partial charge in [-0.3, -0.25) is 0 Å². The van der Waals surface area contributed by atoms with Crippen molar-refractivity contribution >= 4 is 24.8 Å². The highest BCUT2D eigenvalue weighted by Gasteiger charge is 2.37. The smallest absolute Gasteiger partial charge is 0.188 e. The number of rotatable bonds is 10. The molecule has 0 aliphatic carbocycles. The van der Waals surface area contributed by atoms with Gasteiger partial charge >= 0.3 is 0 Å². The molecule has 0 saturated heterocycles. The van der Waals surface area contributed by atoms with E-state index in [0.29, 0.717) is 0 Å². The molecule has 0 aliphatic rings. The summed E-state index contributed by atoms with van der Waals surface area (Å²) in [5.74, 6) is 1.55. The van der Waals surface area contributed by atoms with Crippen molar-refractivity contribution in [2.75, 3.05) is 32.4 Å². The van der Waals surface area contributed by atoms with E-state index in [1.807, 2.05) is 0 Å². The predicted octanol–water partition coefficient (Wildman–Crippen LogP) is 7.50. The zero-order chi connectivity index (χ0) is 28.1. The molecule has 0 N–H and O–H groups in total. The van der Waals surface area contributed by atoms with Gasteiger partial charge < -0.3 is 23.5 Å². The molecule has 3 rings (SSSR count). The van der Waals surface area contributed by atoms with Crippen LogP contribution in [0.5, 0.6) is 11.5 Å². The van der Waals surface area contributed by atoms with E-state index in [4.69, 9.17) is 18.9 Å². The van der Waals surface area contributed by atoms with Crippen LogP contribution in [0.1, 0.15) is 52.7 Å². The minimum absolute atomic E-state index is 0.0404. The SMILES string of the molecule is COCOc1ccc(C(C)(C)C)cc1N(c1cc(C(C)(C)C)ccc1OCOC)[Si](C)(C)c1ccccc1. The van der Waals surface area contributed by atoms with Gasteiger partial charge in [-0.25, -0.2) is 0 Å². The lowest BCUT2D eigenvalue weighted by Gasteiger charge is -2.42. The van der Waals surface area contributed by atoms with E-state index in [1.54, 1.807) is 14.2 Å². The fourth-order valence-corrected chi connectivity index (χ4v) is 7.33. The Morgan fingerprint density at radius 3 is 1.42 bits per heavy atom. The van der Waals surface area contributed by atoms with Gasteiger partial charge in [0.25, 0.3) is 0 Å². The number of hydrogen-bond donors (Lipinski definition) is 0. The maximum absolute atomic E-state index is 6.20. The lowest BCUT2D eigenvalue weighted by atomic mass is 9.86. The number of nitrogens with zero attached hydrogens (tertiary/aromatic N) is 1. The van der Waals surface area contributed by atoms with Crippen LogP contribution in [0.2, 0.25) is 13.1 Å². The van der Waals surface area contributed by atoms with E-state index < -0.39 is 8.24 Å². The number of methoxy groups -OCH3 is 2. The van der Waals surface area contributed by atoms with Crippen LogP contribution >= 0.6 is 0 Å². The summed E-state index contributed by atoms with van der Waals surface area (Å²) in [5, 5.41) is 1.30. The Bertz CT molecular complexity index is 1130. The van der Waals surface area contributed by atoms with E-state index in [9.17, 15) is 0 Å². The topological polar surface area (TPSA) is 40.2 Å². The fraction of sp³-hybridized carbons (Fsp3) is 0.438. The largest absolute Gasteiger partial charge is 0.465 e. The van der Waals surface area contributed by atoms with Gasteiger partial charge in [-0.15, -0.1) is 0 Å². The molecule has 206 valence electrons. The van der Waals surface area contributed by atoms with Crippen molar-refractivity contribution in [2.45, 2.75) is 65.5 Å². The Morgan fingerprint density at radius 2 is 1.05 bits per heavy atom. The number of hydrogen-bond acceptors (Lipinski definition) is 5. The molecule has 3 aromatic carbocycles. The Labute approximate surface area is 230 Å². The van der Waals surface area contributed by atoms with E-state index >= 15 is 0 Å². The Morgan fingerprint density at radius 1 is 0.632 bits per heavy atom. The van der Waals surface area contributed by atoms with Crippen molar-refractivity contribution in [3.63, 3.8) is 0 Å². The van der Waals surface area contributed by atoms with Gasteiger partial charge in [0.2, 0.25) is 0 Å². The quantitative estimate of drug-likeness (QED) is 0.199. The fourth-order valence-electron chi connectivity index (χ4n) is 4.51. The summed E-state index contributed by atoms with van der Waals surface area (Å²) in [6.45, 7) is 18.5. The first-order valence-electron chi connectivity index (χ1n) is 13.2. The lowest BCUT2D eigenvalue weighted by Crippen LogP contribution is -2.56. The highest BCUT2D eigenvalue weighted by molar-refractivity contribution is 6.93. The predicted molar refractivity (Wildman–Crippen MR) is 161 cm³/mol. The van der Waals surface area contributed by atoms with Crippen molar-refractivity contribution in [3.05, 3.63) is 77.9 Å². The Hall–Kier alpha value is -2.80. The summed E-state index contributed by atoms with van der Waals surface area (Å²) in [7, 11) is 0.888. The van der Waals surface area contributed by atoms with Crippen LogP contribution in [0, 0.1) is 0 Å². The minimum Gasteiger partial charge on any atom is -0.465 e. The summed E-state index contributed by atoms with van der Waals surface area (Å²) in [6, 6.07) is 23.7. The molecule has 0 spiro atoms. The molecule has 38 heavy (non-hydrogen) atoms. The van der Waals surface area contributed by atoms with Crippen LogP contribution in [-0.4, -0.2) is 36.0 Å². The van der Waals surface area contributed by atoms with E-state index in [0.717, 1.165) is 22.9 Å². The highest BCUT2D eigenvalue weighted by atomic mass is 28.3. The average Bonchev–Trinajstić information content (AvgIpc) is 2.86. The van der Waals surface area contributed by atoms with Gasteiger partial charge in [-0.1, -0.05) is 84.0 Å². The third kappa shape index (κ3) is 6.79. The van der Waals surface area contributed by atoms with Crippen LogP contribution in [0.3, 0.4) is 0 Å². The normalized spacial score (nSPS) is 12.4. The monoisotopic (exact) mass is 535 g/mol. The van der Waals surface area contributed by atoms with Crippen molar-refractivity contribution in [2.24, 2.45) is 0 Å². The van der Waals surface area contributed by atoms with Crippen molar-refractivity contribution in [1.82, 2.24) is 0 Å². The molecule has 0 unspecified atom stereocenters. The van der Waals surface area contributed by atoms with Crippen molar-refractivity contribution < 1.29 is 18.9 Å². The molecule has 0 radical (unpaired) electrons. The molecule has 6 heteroatoms. The lowest BCUT2D eigenvalue weighted by molar-refractivity contribution is 0.0511. The third-order valence-corrected chi connectivity index (χ3v) is 10.2. The maximum atomic E-state index is 6.20. The van der Waals surface area contributed by atoms with Gasteiger partial charge in [0.1, 0.15) is 11.5 Å². The summed E-state index contributed by atoms with van der Waals surface area (Å²) >= 11 is 0. The van der Waals surface area contributed by atoms with Crippen LogP contribution in [0.25, 0.3) is 0 Å². The molecule has 0 fully saturated rings.